The van der Waals surface area contributed by atoms with Gasteiger partial charge in [-0.05, 0) is 16.8 Å². The van der Waals surface area contributed by atoms with Crippen LogP contribution in [0.1, 0.15) is 0 Å². The fraction of sp³-hybridized carbons (Fsp3) is 0.143. The van der Waals surface area contributed by atoms with E-state index in [4.69, 9.17) is 0 Å². The van der Waals surface area contributed by atoms with Gasteiger partial charge in [0.25, 0.3) is 0 Å². The summed E-state index contributed by atoms with van der Waals surface area (Å²) in [7, 11) is 1.83. The van der Waals surface area contributed by atoms with Crippen LogP contribution in [0, 0.1) is 0 Å². The molecule has 0 saturated heterocycles. The van der Waals surface area contributed by atoms with Gasteiger partial charge in [-0.25, -0.2) is 0 Å². The maximum Gasteiger partial charge on any atom is 0.343 e. The van der Waals surface area contributed by atoms with Crippen LogP contribution < -0.4 is 0 Å². The SMILES string of the molecule is Cn1c(-c2ccc3ccccc3c2)nnc1[S+](C)[O-]. The van der Waals surface area contributed by atoms with Crippen molar-refractivity contribution < 1.29 is 4.55 Å². The van der Waals surface area contributed by atoms with Crippen LogP contribution in [0.3, 0.4) is 0 Å². The van der Waals surface area contributed by atoms with Gasteiger partial charge in [-0.1, -0.05) is 41.5 Å². The van der Waals surface area contributed by atoms with Crippen molar-refractivity contribution in [2.24, 2.45) is 7.05 Å². The average Bonchev–Trinajstić information content (AvgIpc) is 2.80. The maximum absolute atomic E-state index is 11.5. The molecule has 2 aromatic carbocycles. The highest BCUT2D eigenvalue weighted by Crippen LogP contribution is 2.23. The van der Waals surface area contributed by atoms with Crippen LogP contribution in [0.25, 0.3) is 22.2 Å². The number of aromatic nitrogens is 3. The van der Waals surface area contributed by atoms with Gasteiger partial charge in [0.1, 0.15) is 6.26 Å². The minimum atomic E-state index is -1.13. The Balaban J connectivity index is 2.14. The summed E-state index contributed by atoms with van der Waals surface area (Å²) in [5.41, 5.74) is 0.977. The number of rotatable bonds is 2. The van der Waals surface area contributed by atoms with Crippen molar-refractivity contribution in [3.63, 3.8) is 0 Å². The highest BCUT2D eigenvalue weighted by Gasteiger charge is 2.17. The van der Waals surface area contributed by atoms with E-state index in [1.165, 1.54) is 5.39 Å². The highest BCUT2D eigenvalue weighted by atomic mass is 32.2. The van der Waals surface area contributed by atoms with E-state index in [1.807, 2.05) is 25.2 Å². The Hall–Kier alpha value is -1.85. The van der Waals surface area contributed by atoms with Gasteiger partial charge in [0.2, 0.25) is 0 Å². The molecule has 0 spiro atoms. The fourth-order valence-electron chi connectivity index (χ4n) is 2.15. The van der Waals surface area contributed by atoms with Crippen LogP contribution >= 0.6 is 0 Å². The molecule has 96 valence electrons. The Labute approximate surface area is 114 Å². The molecule has 1 heterocycles. The molecule has 0 aliphatic heterocycles. The van der Waals surface area contributed by atoms with Crippen LogP contribution in [-0.4, -0.2) is 25.6 Å². The molecule has 0 radical (unpaired) electrons. The Morgan fingerprint density at radius 1 is 1.05 bits per heavy atom. The normalized spacial score (nSPS) is 12.8. The Bertz CT molecular complexity index is 736. The van der Waals surface area contributed by atoms with E-state index >= 15 is 0 Å². The summed E-state index contributed by atoms with van der Waals surface area (Å²) < 4.78 is 13.3. The summed E-state index contributed by atoms with van der Waals surface area (Å²) in [5, 5.41) is 10.9. The van der Waals surface area contributed by atoms with Gasteiger partial charge in [0.15, 0.2) is 5.82 Å². The molecule has 0 bridgehead atoms. The molecule has 1 atom stereocenters. The van der Waals surface area contributed by atoms with Gasteiger partial charge in [-0.15, -0.1) is 5.10 Å². The van der Waals surface area contributed by atoms with E-state index in [1.54, 1.807) is 10.8 Å². The number of fused-ring (bicyclic) bond motifs is 1. The molecule has 0 fully saturated rings. The van der Waals surface area contributed by atoms with Crippen molar-refractivity contribution in [1.82, 2.24) is 14.8 Å². The van der Waals surface area contributed by atoms with Crippen molar-refractivity contribution in [3.05, 3.63) is 42.5 Å². The molecule has 3 aromatic rings. The quantitative estimate of drug-likeness (QED) is 0.672. The third-order valence-corrected chi connectivity index (χ3v) is 3.97. The van der Waals surface area contributed by atoms with Crippen molar-refractivity contribution in [1.29, 1.82) is 0 Å². The lowest BCUT2D eigenvalue weighted by Crippen LogP contribution is -2.06. The highest BCUT2D eigenvalue weighted by molar-refractivity contribution is 7.90. The van der Waals surface area contributed by atoms with Crippen molar-refractivity contribution >= 4 is 21.9 Å². The molecule has 4 nitrogen and oxygen atoms in total. The maximum atomic E-state index is 11.5. The smallest absolute Gasteiger partial charge is 0.343 e. The predicted octanol–water partition coefficient (Wildman–Crippen LogP) is 2.37. The zero-order valence-corrected chi connectivity index (χ0v) is 11.5. The average molecular weight is 271 g/mol. The fourth-order valence-corrected chi connectivity index (χ4v) is 2.77. The standard InChI is InChI=1S/C14H13N3OS/c1-17-13(15-16-14(17)19(2)18)12-8-7-10-5-3-4-6-11(10)9-12/h3-9H,1-2H3. The predicted molar refractivity (Wildman–Crippen MR) is 76.3 cm³/mol. The lowest BCUT2D eigenvalue weighted by atomic mass is 10.1. The Kier molecular flexibility index (Phi) is 3.00. The van der Waals surface area contributed by atoms with Gasteiger partial charge in [-0.2, -0.15) is 0 Å². The number of benzene rings is 2. The van der Waals surface area contributed by atoms with E-state index in [0.717, 1.165) is 16.8 Å². The van der Waals surface area contributed by atoms with Gasteiger partial charge < -0.3 is 4.55 Å². The molecule has 5 heteroatoms. The second-order valence-corrected chi connectivity index (χ2v) is 5.65. The van der Waals surface area contributed by atoms with E-state index in [0.29, 0.717) is 5.16 Å². The van der Waals surface area contributed by atoms with E-state index in [9.17, 15) is 4.55 Å². The molecule has 0 amide bonds. The lowest BCUT2D eigenvalue weighted by molar-refractivity contribution is 0.583. The van der Waals surface area contributed by atoms with Crippen LogP contribution in [-0.2, 0) is 18.2 Å². The number of hydrogen-bond donors (Lipinski definition) is 0. The van der Waals surface area contributed by atoms with Gasteiger partial charge in [0.05, 0.1) is 0 Å². The summed E-state index contributed by atoms with van der Waals surface area (Å²) in [4.78, 5) is 0. The molecule has 0 aliphatic carbocycles. The molecule has 1 aromatic heterocycles. The van der Waals surface area contributed by atoms with Gasteiger partial charge >= 0.3 is 5.16 Å². The second-order valence-electron chi connectivity index (χ2n) is 4.38. The zero-order chi connectivity index (χ0) is 13.4. The number of nitrogens with zero attached hydrogens (tertiary/aromatic N) is 3. The zero-order valence-electron chi connectivity index (χ0n) is 10.7. The van der Waals surface area contributed by atoms with E-state index in [-0.39, 0.29) is 0 Å². The minimum absolute atomic E-state index is 0.489. The Morgan fingerprint density at radius 3 is 2.47 bits per heavy atom. The first-order valence-corrected chi connectivity index (χ1v) is 7.44. The molecular weight excluding hydrogens is 258 g/mol. The van der Waals surface area contributed by atoms with Gasteiger partial charge in [-0.3, -0.25) is 4.57 Å². The Morgan fingerprint density at radius 2 is 1.79 bits per heavy atom. The van der Waals surface area contributed by atoms with Crippen molar-refractivity contribution in [3.8, 4) is 11.4 Å². The van der Waals surface area contributed by atoms with Gasteiger partial charge in [0, 0.05) is 23.8 Å². The van der Waals surface area contributed by atoms with E-state index in [2.05, 4.69) is 34.5 Å². The monoisotopic (exact) mass is 271 g/mol. The van der Waals surface area contributed by atoms with Crippen molar-refractivity contribution in [2.45, 2.75) is 5.16 Å². The van der Waals surface area contributed by atoms with E-state index < -0.39 is 11.2 Å². The molecule has 3 rings (SSSR count). The molecule has 0 aliphatic rings. The van der Waals surface area contributed by atoms with Crippen LogP contribution in [0.15, 0.2) is 47.6 Å². The van der Waals surface area contributed by atoms with Crippen LogP contribution in [0.4, 0.5) is 0 Å². The third kappa shape index (κ3) is 2.11. The summed E-state index contributed by atoms with van der Waals surface area (Å²) in [6.45, 7) is 0. The largest absolute Gasteiger partial charge is 0.609 e. The van der Waals surface area contributed by atoms with Crippen LogP contribution in [0.2, 0.25) is 0 Å². The first kappa shape index (κ1) is 12.2. The molecular formula is C14H13N3OS. The summed E-state index contributed by atoms with van der Waals surface area (Å²) in [5.74, 6) is 0.732. The second kappa shape index (κ2) is 4.68. The first-order valence-electron chi connectivity index (χ1n) is 5.89. The lowest BCUT2D eigenvalue weighted by Gasteiger charge is -2.05. The molecule has 1 unspecified atom stereocenters. The topological polar surface area (TPSA) is 53.8 Å². The van der Waals surface area contributed by atoms with Crippen molar-refractivity contribution in [2.75, 3.05) is 6.26 Å². The number of hydrogen-bond acceptors (Lipinski definition) is 3. The molecule has 0 saturated carbocycles. The summed E-state index contributed by atoms with van der Waals surface area (Å²) >= 11 is -1.13. The third-order valence-electron chi connectivity index (χ3n) is 3.10. The molecule has 0 N–H and O–H groups in total. The summed E-state index contributed by atoms with van der Waals surface area (Å²) in [6.07, 6.45) is 1.61. The minimum Gasteiger partial charge on any atom is -0.609 e. The first-order chi connectivity index (χ1) is 9.16. The van der Waals surface area contributed by atoms with Crippen LogP contribution in [0.5, 0.6) is 0 Å². The summed E-state index contributed by atoms with van der Waals surface area (Å²) in [6, 6.07) is 14.3. The molecule has 19 heavy (non-hydrogen) atoms.